The third-order valence-corrected chi connectivity index (χ3v) is 5.24. The zero-order valence-corrected chi connectivity index (χ0v) is 38.6. The molecule has 0 saturated heterocycles. The average Bonchev–Trinajstić information content (AvgIpc) is 2.83. The number of aryl methyl sites for hydroxylation is 3. The van der Waals surface area contributed by atoms with E-state index in [2.05, 4.69) is 94.4 Å². The van der Waals surface area contributed by atoms with Gasteiger partial charge >= 0.3 is 80.9 Å². The van der Waals surface area contributed by atoms with Gasteiger partial charge in [0.1, 0.15) is 0 Å². The van der Waals surface area contributed by atoms with E-state index >= 15 is 0 Å². The summed E-state index contributed by atoms with van der Waals surface area (Å²) < 4.78 is 0. The maximum atomic E-state index is 8.00. The van der Waals surface area contributed by atoms with Gasteiger partial charge in [0.25, 0.3) is 0 Å². The molecule has 0 amide bonds. The maximum absolute atomic E-state index is 8.00. The van der Waals surface area contributed by atoms with Gasteiger partial charge in [-0.15, -0.1) is 41.7 Å². The van der Waals surface area contributed by atoms with Crippen LogP contribution in [0.3, 0.4) is 0 Å². The third-order valence-electron chi connectivity index (χ3n) is 5.24. The fourth-order valence-corrected chi connectivity index (χ4v) is 3.30. The minimum Gasteiger partial charge on any atom is -1.00 e. The van der Waals surface area contributed by atoms with Gasteiger partial charge in [-0.1, -0.05) is 107 Å². The van der Waals surface area contributed by atoms with Gasteiger partial charge in [0, 0.05) is 42.9 Å². The van der Waals surface area contributed by atoms with Gasteiger partial charge in [0.2, 0.25) is 0 Å². The molecule has 0 unspecified atom stereocenters. The van der Waals surface area contributed by atoms with E-state index in [0.29, 0.717) is 0 Å². The minimum absolute atomic E-state index is 0. The van der Waals surface area contributed by atoms with Crippen molar-refractivity contribution >= 4 is 79.3 Å². The van der Waals surface area contributed by atoms with Gasteiger partial charge in [0.05, 0.1) is 0 Å². The number of nitrogens with zero attached hydrogens (tertiary/aromatic N) is 1. The van der Waals surface area contributed by atoms with Crippen molar-refractivity contribution in [3.63, 3.8) is 0 Å². The van der Waals surface area contributed by atoms with Crippen LogP contribution in [-0.4, -0.2) is 0 Å². The molecule has 0 aliphatic heterocycles. The molecule has 0 fully saturated rings. The number of hydrogen-bond donors (Lipinski definition) is 1. The molecule has 0 heterocycles. The van der Waals surface area contributed by atoms with Gasteiger partial charge in [-0.25, -0.2) is 0 Å². The molecule has 2 N–H and O–H groups in total. The van der Waals surface area contributed by atoms with Crippen molar-refractivity contribution in [3.05, 3.63) is 75.3 Å². The van der Waals surface area contributed by atoms with E-state index in [1.165, 1.54) is 93.7 Å². The zero-order valence-electron chi connectivity index (χ0n) is 23.9. The van der Waals surface area contributed by atoms with Gasteiger partial charge in [-0.2, -0.15) is 0 Å². The van der Waals surface area contributed by atoms with E-state index in [4.69, 9.17) is 15.8 Å². The number of anilines is 1. The summed E-state index contributed by atoms with van der Waals surface area (Å²) in [6.45, 7) is 6.66. The second-order valence-electron chi connectivity index (χ2n) is 8.13. The number of halogens is 5. The number of nitrogen functional groups attached to an aromatic ring is 1. The molecule has 0 atom stereocenters. The van der Waals surface area contributed by atoms with Crippen LogP contribution >= 0.6 is 73.6 Å². The van der Waals surface area contributed by atoms with Crippen molar-refractivity contribution < 1.29 is 105 Å². The van der Waals surface area contributed by atoms with E-state index in [-0.39, 0.29) is 141 Å². The van der Waals surface area contributed by atoms with E-state index < -0.39 is 0 Å². The molecule has 2 aromatic carbocycles. The van der Waals surface area contributed by atoms with Gasteiger partial charge < -0.3 is 39.8 Å². The first-order valence-electron chi connectivity index (χ1n) is 12.1. The second-order valence-corrected chi connectivity index (χ2v) is 8.13. The van der Waals surface area contributed by atoms with Crippen LogP contribution in [0.25, 0.3) is 0 Å². The molecule has 0 radical (unpaired) electrons. The third kappa shape index (κ3) is 41.6. The number of rotatable bonds is 12. The molecule has 0 saturated carbocycles. The predicted molar refractivity (Wildman–Crippen MR) is 187 cm³/mol. The van der Waals surface area contributed by atoms with Crippen molar-refractivity contribution in [1.29, 1.82) is 0 Å². The topological polar surface area (TPSA) is 78.5 Å². The van der Waals surface area contributed by atoms with E-state index in [1.807, 2.05) is 12.1 Å². The predicted octanol–water partition coefficient (Wildman–Crippen LogP) is 2.36. The standard InChI is InChI=1S/C14H22.C13H21N.ClH.I2.2HI.K.HNO2.Na/c1-3-4-5-6-7-8-14-11-9-13(2)10-12-14;1-2-3-4-5-6-7-12-8-10-13(14)11-9-12;;1-2;;;;2-1-3;/h9-12H,3-8H2,1-2H3;8-11H,2-7,14H2,1H3;1H;;2*1H;;(H,2,3);/q;;;;;;+1;;+1/p-2. The largest absolute Gasteiger partial charge is 1.00 e. The van der Waals surface area contributed by atoms with Crippen molar-refractivity contribution in [1.82, 2.24) is 0 Å². The summed E-state index contributed by atoms with van der Waals surface area (Å²) in [5, 5.41) is 9.00. The first-order valence-corrected chi connectivity index (χ1v) is 18.3. The van der Waals surface area contributed by atoms with Crippen LogP contribution in [0, 0.1) is 17.0 Å². The summed E-state index contributed by atoms with van der Waals surface area (Å²) in [5.74, 6) is 0. The molecule has 0 aromatic heterocycles. The van der Waals surface area contributed by atoms with Crippen molar-refractivity contribution in [2.75, 3.05) is 5.73 Å². The molecule has 2 aromatic rings. The van der Waals surface area contributed by atoms with E-state index in [1.54, 1.807) is 0 Å². The summed E-state index contributed by atoms with van der Waals surface area (Å²) >= 11 is 4.24. The molecule has 4 nitrogen and oxygen atoms in total. The molecule has 0 spiro atoms. The number of benzene rings is 2. The average molecular weight is 1030 g/mol. The molecule has 0 aliphatic carbocycles. The smallest absolute Gasteiger partial charge is 1.00 e. The fraction of sp³-hybridized carbons (Fsp3) is 0.556. The summed E-state index contributed by atoms with van der Waals surface area (Å²) in [6.07, 6.45) is 16.1. The Bertz CT molecular complexity index is 622. The van der Waals surface area contributed by atoms with Crippen molar-refractivity contribution in [2.24, 2.45) is 5.34 Å². The van der Waals surface area contributed by atoms with Crippen LogP contribution in [0.4, 0.5) is 5.69 Å². The van der Waals surface area contributed by atoms with E-state index in [9.17, 15) is 0 Å². The Morgan fingerprint density at radius 2 is 1.03 bits per heavy atom. The Morgan fingerprint density at radius 3 is 1.34 bits per heavy atom. The molecule has 38 heavy (non-hydrogen) atoms. The number of nitrogens with two attached hydrogens (primary N) is 1. The van der Waals surface area contributed by atoms with Crippen LogP contribution in [0.1, 0.15) is 94.7 Å². The number of unbranched alkanes of at least 4 members (excludes halogenated alkanes) is 8. The van der Waals surface area contributed by atoms with Crippen LogP contribution in [0.5, 0.6) is 0 Å². The SMILES string of the molecule is CCCCCCCc1ccc(C)cc1.CCCCCCCc1ccc(N)cc1.Cl.I.II.O=N[O-].[I-].[K+].[Na+]. The van der Waals surface area contributed by atoms with Gasteiger partial charge in [0.15, 0.2) is 0 Å². The molecule has 212 valence electrons. The van der Waals surface area contributed by atoms with Gasteiger partial charge in [-0.3, -0.25) is 0 Å². The van der Waals surface area contributed by atoms with Crippen molar-refractivity contribution in [3.8, 4) is 0 Å². The van der Waals surface area contributed by atoms with Crippen LogP contribution in [0.15, 0.2) is 53.9 Å². The summed E-state index contributed by atoms with van der Waals surface area (Å²) in [6, 6.07) is 17.2. The molecule has 0 aliphatic rings. The Kier molecular flexibility index (Phi) is 71.3. The summed E-state index contributed by atoms with van der Waals surface area (Å²) in [5.41, 5.74) is 10.7. The zero-order chi connectivity index (χ0) is 25.2. The Morgan fingerprint density at radius 1 is 0.737 bits per heavy atom. The van der Waals surface area contributed by atoms with Crippen molar-refractivity contribution in [2.45, 2.75) is 97.8 Å². The van der Waals surface area contributed by atoms with Crippen LogP contribution < -0.4 is 111 Å². The molecule has 2 rings (SSSR count). The molecule has 0 bridgehead atoms. The normalized spacial score (nSPS) is 8.13. The fourth-order valence-electron chi connectivity index (χ4n) is 3.30. The second kappa shape index (κ2) is 47.4. The Labute approximate surface area is 361 Å². The first kappa shape index (κ1) is 57.2. The summed E-state index contributed by atoms with van der Waals surface area (Å²) in [7, 11) is 0. The quantitative estimate of drug-likeness (QED) is 0.0888. The first-order chi connectivity index (χ1) is 16.1. The maximum Gasteiger partial charge on any atom is 1.00 e. The molecule has 11 heteroatoms. The Balaban J connectivity index is -0.0000000776. The number of hydrogen-bond acceptors (Lipinski definition) is 4. The molecular formula is C27H45ClI4KN2NaO2. The van der Waals surface area contributed by atoms with E-state index in [0.717, 1.165) is 11.0 Å². The van der Waals surface area contributed by atoms with Crippen LogP contribution in [-0.2, 0) is 12.8 Å². The summed E-state index contributed by atoms with van der Waals surface area (Å²) in [4.78, 5) is 8.00. The van der Waals surface area contributed by atoms with Crippen LogP contribution in [0.2, 0.25) is 0 Å². The minimum atomic E-state index is 0. The monoisotopic (exact) mass is 1030 g/mol. The van der Waals surface area contributed by atoms with Gasteiger partial charge in [-0.05, 0) is 55.9 Å². The molecular weight excluding hydrogens is 989 g/mol. The Hall–Kier alpha value is 3.49.